The molecule has 3 heterocycles. The maximum Gasteiger partial charge on any atom is 0.230 e. The molecule has 2 saturated heterocycles. The van der Waals surface area contributed by atoms with Crippen LogP contribution in [0.3, 0.4) is 0 Å². The van der Waals surface area contributed by atoms with Crippen LogP contribution in [0.15, 0.2) is 36.4 Å². The Morgan fingerprint density at radius 3 is 2.75 bits per heavy atom. The van der Waals surface area contributed by atoms with Gasteiger partial charge in [0.25, 0.3) is 0 Å². The number of halogens is 1. The Morgan fingerprint density at radius 2 is 2.00 bits per heavy atom. The third-order valence-corrected chi connectivity index (χ3v) is 8.73. The molecule has 2 bridgehead atoms. The fourth-order valence-corrected chi connectivity index (χ4v) is 6.84. The zero-order valence-electron chi connectivity index (χ0n) is 18.9. The van der Waals surface area contributed by atoms with Gasteiger partial charge in [0.15, 0.2) is 0 Å². The summed E-state index contributed by atoms with van der Waals surface area (Å²) in [6, 6.07) is 7.58. The fourth-order valence-electron chi connectivity index (χ4n) is 6.64. The summed E-state index contributed by atoms with van der Waals surface area (Å²) in [5, 5.41) is 3.81. The summed E-state index contributed by atoms with van der Waals surface area (Å²) in [6.07, 6.45) is 8.55. The second-order valence-corrected chi connectivity index (χ2v) is 10.7. The van der Waals surface area contributed by atoms with Gasteiger partial charge in [-0.15, -0.1) is 0 Å². The molecule has 1 N–H and O–H groups in total. The average molecular weight is 457 g/mol. The second kappa shape index (κ2) is 8.49. The lowest BCUT2D eigenvalue weighted by Gasteiger charge is -2.34. The molecule has 1 spiro atoms. The number of amides is 2. The fraction of sp³-hybridized carbons (Fsp3) is 0.615. The van der Waals surface area contributed by atoms with Crippen LogP contribution in [-0.2, 0) is 20.9 Å². The smallest absolute Gasteiger partial charge is 0.230 e. The molecule has 1 aromatic rings. The van der Waals surface area contributed by atoms with E-state index in [4.69, 9.17) is 16.3 Å². The minimum Gasteiger partial charge on any atom is -0.360 e. The standard InChI is InChI=1S/C26H33ClN2O3/c1-16-6-5-7-17(2)19(16)11-13-28-24(30)22-21-10-12-26(32-21)15-29(25(31)23(22)26)14-18-8-3-4-9-20(18)27/h3-4,8-10,12,16-17,19,21-23H,5-7,11,13-15H2,1-2H3,(H,28,30). The Hall–Kier alpha value is -1.85. The van der Waals surface area contributed by atoms with Crippen molar-refractivity contribution in [3.63, 3.8) is 0 Å². The van der Waals surface area contributed by atoms with E-state index in [0.29, 0.717) is 42.4 Å². The predicted octanol–water partition coefficient (Wildman–Crippen LogP) is 4.20. The van der Waals surface area contributed by atoms with Crippen LogP contribution in [-0.4, -0.2) is 41.5 Å². The topological polar surface area (TPSA) is 58.6 Å². The number of rotatable bonds is 6. The van der Waals surface area contributed by atoms with E-state index in [0.717, 1.165) is 12.0 Å². The summed E-state index contributed by atoms with van der Waals surface area (Å²) in [4.78, 5) is 28.4. The van der Waals surface area contributed by atoms with Gasteiger partial charge in [-0.25, -0.2) is 0 Å². The maximum absolute atomic E-state index is 13.4. The molecule has 3 fully saturated rings. The van der Waals surface area contributed by atoms with Crippen LogP contribution in [0.4, 0.5) is 0 Å². The van der Waals surface area contributed by atoms with Gasteiger partial charge in [0, 0.05) is 18.1 Å². The van der Waals surface area contributed by atoms with Crippen LogP contribution in [0.1, 0.15) is 45.1 Å². The van der Waals surface area contributed by atoms with Crippen LogP contribution in [0, 0.1) is 29.6 Å². The molecular formula is C26H33ClN2O3. The zero-order chi connectivity index (χ0) is 22.5. The third-order valence-electron chi connectivity index (χ3n) is 8.36. The van der Waals surface area contributed by atoms with Crippen molar-refractivity contribution in [1.29, 1.82) is 0 Å². The Balaban J connectivity index is 1.25. The average Bonchev–Trinajstić information content (AvgIpc) is 3.40. The van der Waals surface area contributed by atoms with Gasteiger partial charge < -0.3 is 15.0 Å². The van der Waals surface area contributed by atoms with Gasteiger partial charge in [-0.05, 0) is 35.8 Å². The van der Waals surface area contributed by atoms with Crippen molar-refractivity contribution in [3.05, 3.63) is 47.0 Å². The van der Waals surface area contributed by atoms with Gasteiger partial charge in [-0.3, -0.25) is 9.59 Å². The van der Waals surface area contributed by atoms with Gasteiger partial charge in [-0.1, -0.05) is 75.1 Å². The van der Waals surface area contributed by atoms with Crippen LogP contribution >= 0.6 is 11.6 Å². The molecular weight excluding hydrogens is 424 g/mol. The number of carbonyl (C=O) groups excluding carboxylic acids is 2. The number of benzene rings is 1. The molecule has 0 radical (unpaired) electrons. The molecule has 6 heteroatoms. The normalized spacial score (nSPS) is 37.7. The summed E-state index contributed by atoms with van der Waals surface area (Å²) in [7, 11) is 0. The first-order valence-electron chi connectivity index (χ1n) is 12.1. The van der Waals surface area contributed by atoms with E-state index in [1.165, 1.54) is 19.3 Å². The van der Waals surface area contributed by atoms with Gasteiger partial charge in [0.05, 0.1) is 24.5 Å². The quantitative estimate of drug-likeness (QED) is 0.652. The van der Waals surface area contributed by atoms with E-state index in [-0.39, 0.29) is 17.9 Å². The summed E-state index contributed by atoms with van der Waals surface area (Å²) < 4.78 is 6.25. The number of hydrogen-bond donors (Lipinski definition) is 1. The lowest BCUT2D eigenvalue weighted by Crippen LogP contribution is -2.44. The van der Waals surface area contributed by atoms with Crippen LogP contribution in [0.2, 0.25) is 5.02 Å². The van der Waals surface area contributed by atoms with Gasteiger partial charge in [-0.2, -0.15) is 0 Å². The SMILES string of the molecule is CC1CCCC(C)C1CCNC(=O)C1C2C=CC3(CN(Cc4ccccc4Cl)C(=O)C13)O2. The molecule has 5 nitrogen and oxygen atoms in total. The summed E-state index contributed by atoms with van der Waals surface area (Å²) in [6.45, 7) is 6.25. The largest absolute Gasteiger partial charge is 0.360 e. The molecule has 4 aliphatic rings. The highest BCUT2D eigenvalue weighted by Gasteiger charge is 2.66. The predicted molar refractivity (Wildman–Crippen MR) is 124 cm³/mol. The van der Waals surface area contributed by atoms with Gasteiger partial charge in [0.2, 0.25) is 11.8 Å². The van der Waals surface area contributed by atoms with Crippen molar-refractivity contribution < 1.29 is 14.3 Å². The molecule has 6 atom stereocenters. The van der Waals surface area contributed by atoms with E-state index in [9.17, 15) is 9.59 Å². The molecule has 2 amide bonds. The van der Waals surface area contributed by atoms with E-state index < -0.39 is 17.4 Å². The minimum absolute atomic E-state index is 0.00792. The Bertz CT molecular complexity index is 923. The van der Waals surface area contributed by atoms with Crippen LogP contribution in [0.25, 0.3) is 0 Å². The Kier molecular flexibility index (Phi) is 5.83. The number of nitrogens with one attached hydrogen (secondary N) is 1. The molecule has 172 valence electrons. The highest BCUT2D eigenvalue weighted by atomic mass is 35.5. The number of likely N-dealkylation sites (tertiary alicyclic amines) is 1. The third kappa shape index (κ3) is 3.67. The van der Waals surface area contributed by atoms with Crippen molar-refractivity contribution in [3.8, 4) is 0 Å². The highest BCUT2D eigenvalue weighted by Crippen LogP contribution is 2.52. The monoisotopic (exact) mass is 456 g/mol. The van der Waals surface area contributed by atoms with Crippen molar-refractivity contribution in [2.24, 2.45) is 29.6 Å². The van der Waals surface area contributed by atoms with Crippen molar-refractivity contribution >= 4 is 23.4 Å². The van der Waals surface area contributed by atoms with Crippen LogP contribution < -0.4 is 5.32 Å². The van der Waals surface area contributed by atoms with Gasteiger partial charge in [0.1, 0.15) is 5.60 Å². The zero-order valence-corrected chi connectivity index (χ0v) is 19.7. The van der Waals surface area contributed by atoms with Crippen molar-refractivity contribution in [2.45, 2.75) is 57.8 Å². The number of ether oxygens (including phenoxy) is 1. The molecule has 1 aliphatic carbocycles. The van der Waals surface area contributed by atoms with Crippen LogP contribution in [0.5, 0.6) is 0 Å². The molecule has 0 aromatic heterocycles. The number of hydrogen-bond acceptors (Lipinski definition) is 3. The van der Waals surface area contributed by atoms with E-state index in [1.807, 2.05) is 36.4 Å². The first-order chi connectivity index (χ1) is 15.4. The molecule has 1 saturated carbocycles. The van der Waals surface area contributed by atoms with E-state index >= 15 is 0 Å². The molecule has 1 aromatic carbocycles. The van der Waals surface area contributed by atoms with Crippen molar-refractivity contribution in [1.82, 2.24) is 10.2 Å². The lowest BCUT2D eigenvalue weighted by atomic mass is 9.72. The van der Waals surface area contributed by atoms with Crippen molar-refractivity contribution in [2.75, 3.05) is 13.1 Å². The lowest BCUT2D eigenvalue weighted by molar-refractivity contribution is -0.137. The molecule has 3 aliphatic heterocycles. The minimum atomic E-state index is -0.683. The van der Waals surface area contributed by atoms with E-state index in [2.05, 4.69) is 19.2 Å². The first-order valence-corrected chi connectivity index (χ1v) is 12.4. The first kappa shape index (κ1) is 22.0. The second-order valence-electron chi connectivity index (χ2n) is 10.3. The highest BCUT2D eigenvalue weighted by molar-refractivity contribution is 6.31. The number of fused-ring (bicyclic) bond motifs is 1. The Morgan fingerprint density at radius 1 is 1.25 bits per heavy atom. The summed E-state index contributed by atoms with van der Waals surface area (Å²) in [5.41, 5.74) is 0.228. The number of carbonyl (C=O) groups is 2. The number of nitrogens with zero attached hydrogens (tertiary/aromatic N) is 1. The summed E-state index contributed by atoms with van der Waals surface area (Å²) >= 11 is 6.32. The molecule has 5 rings (SSSR count). The Labute approximate surface area is 195 Å². The maximum atomic E-state index is 13.4. The van der Waals surface area contributed by atoms with E-state index in [1.54, 1.807) is 4.90 Å². The summed E-state index contributed by atoms with van der Waals surface area (Å²) in [5.74, 6) is 1.12. The molecule has 6 unspecified atom stereocenters. The van der Waals surface area contributed by atoms with Gasteiger partial charge >= 0.3 is 0 Å². The molecule has 32 heavy (non-hydrogen) atoms.